The van der Waals surface area contributed by atoms with Crippen molar-refractivity contribution in [3.05, 3.63) is 38.9 Å². The van der Waals surface area contributed by atoms with Gasteiger partial charge in [-0.3, -0.25) is 15.0 Å². The first-order valence-corrected chi connectivity index (χ1v) is 7.66. The van der Waals surface area contributed by atoms with E-state index in [4.69, 9.17) is 11.6 Å². The highest BCUT2D eigenvalue weighted by atomic mass is 35.5. The van der Waals surface area contributed by atoms with E-state index in [-0.39, 0.29) is 11.2 Å². The summed E-state index contributed by atoms with van der Waals surface area (Å²) >= 11 is 6.22. The van der Waals surface area contributed by atoms with E-state index in [0.717, 1.165) is 31.7 Å². The Morgan fingerprint density at radius 2 is 2.24 bits per heavy atom. The molecule has 2 aliphatic heterocycles. The predicted octanol–water partition coefficient (Wildman–Crippen LogP) is 2.68. The number of nitro benzene ring substituents is 1. The molecule has 2 saturated heterocycles. The number of hydrogen-bond acceptors (Lipinski definition) is 4. The van der Waals surface area contributed by atoms with Crippen molar-refractivity contribution in [2.45, 2.75) is 25.9 Å². The average Bonchev–Trinajstić information content (AvgIpc) is 2.96. The molecule has 1 N–H and O–H groups in total. The minimum atomic E-state index is -0.411. The van der Waals surface area contributed by atoms with Crippen LogP contribution in [0.15, 0.2) is 18.2 Å². The second kappa shape index (κ2) is 5.23. The molecular weight excluding hydrogens is 290 g/mol. The molecule has 0 spiro atoms. The number of nitrogens with one attached hydrogen (secondary N) is 1. The molecule has 6 heteroatoms. The quantitative estimate of drug-likeness (QED) is 0.689. The fourth-order valence-corrected chi connectivity index (χ4v) is 3.99. The summed E-state index contributed by atoms with van der Waals surface area (Å²) in [5.74, 6) is 1.35. The first-order chi connectivity index (χ1) is 9.89. The number of likely N-dealkylation sites (tertiary alicyclic amines) is 1. The topological polar surface area (TPSA) is 58.4 Å². The summed E-state index contributed by atoms with van der Waals surface area (Å²) in [6.07, 6.45) is 0. The van der Waals surface area contributed by atoms with E-state index in [9.17, 15) is 10.1 Å². The van der Waals surface area contributed by atoms with E-state index in [1.807, 2.05) is 0 Å². The van der Waals surface area contributed by atoms with E-state index in [1.54, 1.807) is 6.07 Å². The van der Waals surface area contributed by atoms with Crippen molar-refractivity contribution in [1.82, 2.24) is 10.2 Å². The van der Waals surface area contributed by atoms with Gasteiger partial charge in [0, 0.05) is 37.3 Å². The van der Waals surface area contributed by atoms with Crippen LogP contribution >= 0.6 is 11.6 Å². The Kier molecular flexibility index (Phi) is 3.67. The van der Waals surface area contributed by atoms with Gasteiger partial charge in [0.05, 0.1) is 9.95 Å². The van der Waals surface area contributed by atoms with Gasteiger partial charge >= 0.3 is 0 Å². The van der Waals surface area contributed by atoms with E-state index in [2.05, 4.69) is 24.1 Å². The molecule has 2 atom stereocenters. The average molecular weight is 310 g/mol. The number of benzene rings is 1. The van der Waals surface area contributed by atoms with Crippen LogP contribution < -0.4 is 5.32 Å². The minimum Gasteiger partial charge on any atom is -0.316 e. The standard InChI is InChI=1S/C15H20ClN3O2/c1-15(2)13-7-17-6-11(13)9-18(15)8-10-3-4-12(19(20)21)5-14(10)16/h3-5,11,13,17H,6-9H2,1-2H3. The summed E-state index contributed by atoms with van der Waals surface area (Å²) in [4.78, 5) is 12.8. The predicted molar refractivity (Wildman–Crippen MR) is 82.4 cm³/mol. The fraction of sp³-hybridized carbons (Fsp3) is 0.600. The van der Waals surface area contributed by atoms with Crippen LogP contribution in [-0.2, 0) is 6.54 Å². The van der Waals surface area contributed by atoms with Crippen molar-refractivity contribution < 1.29 is 4.92 Å². The third-order valence-corrected chi connectivity index (χ3v) is 5.48. The second-order valence-electron chi connectivity index (χ2n) is 6.59. The molecule has 0 radical (unpaired) electrons. The summed E-state index contributed by atoms with van der Waals surface area (Å²) < 4.78 is 0. The van der Waals surface area contributed by atoms with Crippen LogP contribution in [0, 0.1) is 22.0 Å². The van der Waals surface area contributed by atoms with E-state index < -0.39 is 4.92 Å². The molecular formula is C15H20ClN3O2. The first-order valence-electron chi connectivity index (χ1n) is 7.28. The molecule has 0 saturated carbocycles. The molecule has 1 aromatic carbocycles. The van der Waals surface area contributed by atoms with Gasteiger partial charge in [-0.2, -0.15) is 0 Å². The molecule has 0 aliphatic carbocycles. The summed E-state index contributed by atoms with van der Waals surface area (Å²) in [5, 5.41) is 14.7. The van der Waals surface area contributed by atoms with Crippen LogP contribution in [0.1, 0.15) is 19.4 Å². The van der Waals surface area contributed by atoms with Gasteiger partial charge in [-0.1, -0.05) is 11.6 Å². The third-order valence-electron chi connectivity index (χ3n) is 5.13. The zero-order chi connectivity index (χ0) is 15.2. The lowest BCUT2D eigenvalue weighted by Crippen LogP contribution is -2.43. The molecule has 21 heavy (non-hydrogen) atoms. The molecule has 5 nitrogen and oxygen atoms in total. The highest BCUT2D eigenvalue weighted by Gasteiger charge is 2.49. The van der Waals surface area contributed by atoms with Crippen molar-refractivity contribution in [3.63, 3.8) is 0 Å². The zero-order valence-electron chi connectivity index (χ0n) is 12.3. The van der Waals surface area contributed by atoms with E-state index in [0.29, 0.717) is 16.9 Å². The molecule has 1 aromatic rings. The summed E-state index contributed by atoms with van der Waals surface area (Å²) in [6, 6.07) is 4.76. The second-order valence-corrected chi connectivity index (χ2v) is 7.00. The van der Waals surface area contributed by atoms with Crippen LogP contribution in [0.5, 0.6) is 0 Å². The molecule has 114 valence electrons. The summed E-state index contributed by atoms with van der Waals surface area (Å²) in [6.45, 7) is 8.52. The highest BCUT2D eigenvalue weighted by molar-refractivity contribution is 6.31. The Morgan fingerprint density at radius 1 is 1.48 bits per heavy atom. The van der Waals surface area contributed by atoms with Crippen molar-refractivity contribution in [2.75, 3.05) is 19.6 Å². The number of nitro groups is 1. The normalized spacial score (nSPS) is 27.8. The molecule has 3 rings (SSSR count). The van der Waals surface area contributed by atoms with Crippen molar-refractivity contribution in [2.24, 2.45) is 11.8 Å². The maximum absolute atomic E-state index is 10.8. The van der Waals surface area contributed by atoms with Gasteiger partial charge in [0.25, 0.3) is 5.69 Å². The van der Waals surface area contributed by atoms with Crippen molar-refractivity contribution in [3.8, 4) is 0 Å². The lowest BCUT2D eigenvalue weighted by Gasteiger charge is -2.35. The maximum Gasteiger partial charge on any atom is 0.270 e. The Bertz CT molecular complexity index is 576. The molecule has 2 heterocycles. The third kappa shape index (κ3) is 2.54. The van der Waals surface area contributed by atoms with Crippen LogP contribution in [0.4, 0.5) is 5.69 Å². The Morgan fingerprint density at radius 3 is 2.86 bits per heavy atom. The van der Waals surface area contributed by atoms with Gasteiger partial charge in [-0.15, -0.1) is 0 Å². The SMILES string of the molecule is CC1(C)C2CNCC2CN1Cc1ccc([N+](=O)[O-])cc1Cl. The molecule has 2 unspecified atom stereocenters. The van der Waals surface area contributed by atoms with Gasteiger partial charge in [-0.05, 0) is 43.9 Å². The van der Waals surface area contributed by atoms with Crippen molar-refractivity contribution in [1.29, 1.82) is 0 Å². The molecule has 2 aliphatic rings. The van der Waals surface area contributed by atoms with Crippen LogP contribution in [0.2, 0.25) is 5.02 Å². The highest BCUT2D eigenvalue weighted by Crippen LogP contribution is 2.41. The van der Waals surface area contributed by atoms with Crippen molar-refractivity contribution >= 4 is 17.3 Å². The number of fused-ring (bicyclic) bond motifs is 1. The van der Waals surface area contributed by atoms with Crippen LogP contribution in [0.25, 0.3) is 0 Å². The minimum absolute atomic E-state index is 0.0468. The van der Waals surface area contributed by atoms with Gasteiger partial charge < -0.3 is 5.32 Å². The number of nitrogens with zero attached hydrogens (tertiary/aromatic N) is 2. The maximum atomic E-state index is 10.8. The largest absolute Gasteiger partial charge is 0.316 e. The molecule has 2 fully saturated rings. The number of non-ortho nitro benzene ring substituents is 1. The fourth-order valence-electron chi connectivity index (χ4n) is 3.76. The summed E-state index contributed by atoms with van der Waals surface area (Å²) in [7, 11) is 0. The lowest BCUT2D eigenvalue weighted by molar-refractivity contribution is -0.384. The van der Waals surface area contributed by atoms with Crippen LogP contribution in [0.3, 0.4) is 0 Å². The van der Waals surface area contributed by atoms with Crippen LogP contribution in [-0.4, -0.2) is 35.0 Å². The first kappa shape index (κ1) is 14.8. The summed E-state index contributed by atoms with van der Waals surface area (Å²) in [5.41, 5.74) is 1.13. The number of halogens is 1. The Hall–Kier alpha value is -1.17. The Balaban J connectivity index is 1.79. The molecule has 0 bridgehead atoms. The Labute approximate surface area is 129 Å². The van der Waals surface area contributed by atoms with Gasteiger partial charge in [0.2, 0.25) is 0 Å². The smallest absolute Gasteiger partial charge is 0.270 e. The zero-order valence-corrected chi connectivity index (χ0v) is 13.1. The monoisotopic (exact) mass is 309 g/mol. The lowest BCUT2D eigenvalue weighted by atomic mass is 9.85. The molecule has 0 aromatic heterocycles. The van der Waals surface area contributed by atoms with Gasteiger partial charge in [-0.25, -0.2) is 0 Å². The molecule has 0 amide bonds. The van der Waals surface area contributed by atoms with Gasteiger partial charge in [0.15, 0.2) is 0 Å². The number of hydrogen-bond donors (Lipinski definition) is 1. The van der Waals surface area contributed by atoms with Gasteiger partial charge in [0.1, 0.15) is 0 Å². The van der Waals surface area contributed by atoms with E-state index >= 15 is 0 Å². The number of rotatable bonds is 3. The van der Waals surface area contributed by atoms with E-state index in [1.165, 1.54) is 12.1 Å².